The van der Waals surface area contributed by atoms with Crippen molar-refractivity contribution in [2.75, 3.05) is 20.7 Å². The van der Waals surface area contributed by atoms with Crippen LogP contribution in [0.5, 0.6) is 5.75 Å². The molecule has 2 N–H and O–H groups in total. The fourth-order valence-electron chi connectivity index (χ4n) is 1.92. The molecule has 0 saturated carbocycles. The number of hydrogen-bond acceptors (Lipinski definition) is 4. The third-order valence-corrected chi connectivity index (χ3v) is 3.94. The molecule has 0 unspecified atom stereocenters. The molecule has 0 heterocycles. The van der Waals surface area contributed by atoms with Crippen LogP contribution in [0.4, 0.5) is 0 Å². The summed E-state index contributed by atoms with van der Waals surface area (Å²) >= 11 is 0. The molecular formula is C14H22N2O4S. The van der Waals surface area contributed by atoms with E-state index in [1.807, 2.05) is 0 Å². The normalized spacial score (nSPS) is 11.3. The van der Waals surface area contributed by atoms with Crippen LogP contribution in [0.15, 0.2) is 17.0 Å². The molecule has 0 aliphatic rings. The maximum absolute atomic E-state index is 11.4. The van der Waals surface area contributed by atoms with Gasteiger partial charge in [0.2, 0.25) is 15.9 Å². The van der Waals surface area contributed by atoms with Gasteiger partial charge in [0.25, 0.3) is 0 Å². The van der Waals surface area contributed by atoms with Crippen molar-refractivity contribution in [3.05, 3.63) is 23.3 Å². The maximum Gasteiger partial charge on any atom is 0.238 e. The molecule has 0 spiro atoms. The summed E-state index contributed by atoms with van der Waals surface area (Å²) in [6, 6.07) is 2.98. The van der Waals surface area contributed by atoms with E-state index < -0.39 is 10.0 Å². The number of amides is 1. The van der Waals surface area contributed by atoms with E-state index in [-0.39, 0.29) is 10.8 Å². The monoisotopic (exact) mass is 314 g/mol. The Morgan fingerprint density at radius 1 is 1.24 bits per heavy atom. The number of hydrogen-bond donors (Lipinski definition) is 1. The summed E-state index contributed by atoms with van der Waals surface area (Å²) in [5.41, 5.74) is 1.41. The number of nitrogens with zero attached hydrogens (tertiary/aromatic N) is 1. The minimum absolute atomic E-state index is 0.0524. The van der Waals surface area contributed by atoms with Crippen molar-refractivity contribution in [2.45, 2.75) is 31.6 Å². The molecule has 0 bridgehead atoms. The van der Waals surface area contributed by atoms with Crippen molar-refractivity contribution >= 4 is 15.9 Å². The number of primary sulfonamides is 1. The fraction of sp³-hybridized carbons (Fsp3) is 0.500. The highest BCUT2D eigenvalue weighted by molar-refractivity contribution is 7.89. The minimum atomic E-state index is -3.72. The summed E-state index contributed by atoms with van der Waals surface area (Å²) in [7, 11) is -0.293. The average molecular weight is 314 g/mol. The van der Waals surface area contributed by atoms with Crippen LogP contribution < -0.4 is 9.88 Å². The number of rotatable bonds is 6. The number of aryl methyl sites for hydroxylation is 2. The van der Waals surface area contributed by atoms with Crippen LogP contribution in [0.25, 0.3) is 0 Å². The lowest BCUT2D eigenvalue weighted by Gasteiger charge is -2.14. The maximum atomic E-state index is 11.4. The first-order valence-electron chi connectivity index (χ1n) is 6.60. The van der Waals surface area contributed by atoms with Crippen molar-refractivity contribution in [2.24, 2.45) is 5.14 Å². The van der Waals surface area contributed by atoms with Crippen molar-refractivity contribution in [1.82, 2.24) is 4.90 Å². The quantitative estimate of drug-likeness (QED) is 0.799. The van der Waals surface area contributed by atoms with Gasteiger partial charge in [-0.2, -0.15) is 0 Å². The zero-order valence-corrected chi connectivity index (χ0v) is 13.7. The van der Waals surface area contributed by atoms with Gasteiger partial charge in [-0.05, 0) is 43.5 Å². The Hall–Kier alpha value is -1.60. The van der Waals surface area contributed by atoms with Gasteiger partial charge in [-0.3, -0.25) is 4.79 Å². The Bertz CT molecular complexity index is 601. The fourth-order valence-corrected chi connectivity index (χ4v) is 2.61. The van der Waals surface area contributed by atoms with Crippen molar-refractivity contribution in [3.8, 4) is 5.75 Å². The molecule has 118 valence electrons. The van der Waals surface area contributed by atoms with Crippen molar-refractivity contribution < 1.29 is 17.9 Å². The Morgan fingerprint density at radius 2 is 1.76 bits per heavy atom. The lowest BCUT2D eigenvalue weighted by atomic mass is 10.1. The standard InChI is InChI=1S/C14H22N2O4S/c1-10-8-12(21(15,18)19)9-11(2)14(10)20-7-5-6-13(17)16(3)4/h8-9H,5-7H2,1-4H3,(H2,15,18,19). The third kappa shape index (κ3) is 5.02. The largest absolute Gasteiger partial charge is 0.493 e. The molecule has 1 rings (SSSR count). The van der Waals surface area contributed by atoms with E-state index in [9.17, 15) is 13.2 Å². The van der Waals surface area contributed by atoms with E-state index in [2.05, 4.69) is 0 Å². The van der Waals surface area contributed by atoms with Gasteiger partial charge in [0.1, 0.15) is 5.75 Å². The van der Waals surface area contributed by atoms with Gasteiger partial charge in [-0.25, -0.2) is 13.6 Å². The zero-order valence-electron chi connectivity index (χ0n) is 12.8. The van der Waals surface area contributed by atoms with Gasteiger partial charge in [-0.15, -0.1) is 0 Å². The molecule has 0 fully saturated rings. The topological polar surface area (TPSA) is 89.7 Å². The van der Waals surface area contributed by atoms with Gasteiger partial charge in [-0.1, -0.05) is 0 Å². The molecule has 1 amide bonds. The van der Waals surface area contributed by atoms with Gasteiger partial charge < -0.3 is 9.64 Å². The summed E-state index contributed by atoms with van der Waals surface area (Å²) < 4.78 is 28.3. The van der Waals surface area contributed by atoms with E-state index in [0.29, 0.717) is 36.3 Å². The van der Waals surface area contributed by atoms with E-state index in [1.54, 1.807) is 27.9 Å². The Kier molecular flexibility index (Phi) is 5.74. The Labute approximate surface area is 125 Å². The van der Waals surface area contributed by atoms with Crippen LogP contribution in [0.1, 0.15) is 24.0 Å². The highest BCUT2D eigenvalue weighted by atomic mass is 32.2. The van der Waals surface area contributed by atoms with Crippen LogP contribution in [-0.2, 0) is 14.8 Å². The predicted octanol–water partition coefficient (Wildman–Crippen LogP) is 1.20. The molecule has 21 heavy (non-hydrogen) atoms. The summed E-state index contributed by atoms with van der Waals surface area (Å²) in [6.07, 6.45) is 1.02. The van der Waals surface area contributed by atoms with Crippen LogP contribution in [0, 0.1) is 13.8 Å². The molecule has 0 atom stereocenters. The highest BCUT2D eigenvalue weighted by Crippen LogP contribution is 2.26. The molecule has 1 aromatic rings. The molecule has 6 nitrogen and oxygen atoms in total. The van der Waals surface area contributed by atoms with Crippen LogP contribution in [0.2, 0.25) is 0 Å². The molecule has 0 saturated heterocycles. The molecule has 1 aromatic carbocycles. The lowest BCUT2D eigenvalue weighted by Crippen LogP contribution is -2.21. The Balaban J connectivity index is 2.71. The number of ether oxygens (including phenoxy) is 1. The van der Waals surface area contributed by atoms with E-state index >= 15 is 0 Å². The molecule has 0 aliphatic heterocycles. The minimum Gasteiger partial charge on any atom is -0.493 e. The third-order valence-electron chi connectivity index (χ3n) is 3.04. The van der Waals surface area contributed by atoms with Crippen LogP contribution in [-0.4, -0.2) is 39.9 Å². The SMILES string of the molecule is Cc1cc(S(N)(=O)=O)cc(C)c1OCCCC(=O)N(C)C. The van der Waals surface area contributed by atoms with E-state index in [0.717, 1.165) is 0 Å². The first kappa shape index (κ1) is 17.5. The number of carbonyl (C=O) groups is 1. The summed E-state index contributed by atoms with van der Waals surface area (Å²) in [4.78, 5) is 13.0. The van der Waals surface area contributed by atoms with E-state index in [4.69, 9.17) is 9.88 Å². The second kappa shape index (κ2) is 6.91. The van der Waals surface area contributed by atoms with E-state index in [1.165, 1.54) is 17.0 Å². The number of benzene rings is 1. The van der Waals surface area contributed by atoms with Crippen LogP contribution in [0.3, 0.4) is 0 Å². The van der Waals surface area contributed by atoms with Crippen molar-refractivity contribution in [1.29, 1.82) is 0 Å². The smallest absolute Gasteiger partial charge is 0.238 e. The summed E-state index contributed by atoms with van der Waals surface area (Å²) in [5, 5.41) is 5.12. The van der Waals surface area contributed by atoms with Gasteiger partial charge in [0.15, 0.2) is 0 Å². The molecule has 7 heteroatoms. The Morgan fingerprint density at radius 3 is 2.19 bits per heavy atom. The predicted molar refractivity (Wildman–Crippen MR) is 80.7 cm³/mol. The second-order valence-electron chi connectivity index (χ2n) is 5.17. The number of carbonyl (C=O) groups excluding carboxylic acids is 1. The molecular weight excluding hydrogens is 292 g/mol. The number of sulfonamides is 1. The van der Waals surface area contributed by atoms with Gasteiger partial charge >= 0.3 is 0 Å². The summed E-state index contributed by atoms with van der Waals surface area (Å²) in [6.45, 7) is 3.93. The van der Waals surface area contributed by atoms with Gasteiger partial charge in [0.05, 0.1) is 11.5 Å². The summed E-state index contributed by atoms with van der Waals surface area (Å²) in [5.74, 6) is 0.691. The van der Waals surface area contributed by atoms with Crippen LogP contribution >= 0.6 is 0 Å². The van der Waals surface area contributed by atoms with Crippen molar-refractivity contribution in [3.63, 3.8) is 0 Å². The zero-order chi connectivity index (χ0) is 16.2. The highest BCUT2D eigenvalue weighted by Gasteiger charge is 2.13. The molecule has 0 radical (unpaired) electrons. The molecule has 0 aromatic heterocycles. The van der Waals surface area contributed by atoms with Gasteiger partial charge in [0, 0.05) is 20.5 Å². The second-order valence-corrected chi connectivity index (χ2v) is 6.73. The lowest BCUT2D eigenvalue weighted by molar-refractivity contribution is -0.128. The number of nitrogens with two attached hydrogens (primary N) is 1. The first-order valence-corrected chi connectivity index (χ1v) is 8.14. The average Bonchev–Trinajstić information content (AvgIpc) is 2.35. The molecule has 0 aliphatic carbocycles. The first-order chi connectivity index (χ1) is 9.62.